The number of rotatable bonds is 5. The van der Waals surface area contributed by atoms with Crippen molar-refractivity contribution < 1.29 is 9.59 Å². The van der Waals surface area contributed by atoms with Crippen LogP contribution < -0.4 is 16.4 Å². The fourth-order valence-electron chi connectivity index (χ4n) is 1.55. The zero-order valence-electron chi connectivity index (χ0n) is 12.1. The summed E-state index contributed by atoms with van der Waals surface area (Å²) in [5.74, 6) is -0.0217. The first-order chi connectivity index (χ1) is 9.40. The summed E-state index contributed by atoms with van der Waals surface area (Å²) in [4.78, 5) is 24.4. The van der Waals surface area contributed by atoms with Gasteiger partial charge in [0.1, 0.15) is 0 Å². The summed E-state index contributed by atoms with van der Waals surface area (Å²) in [6.07, 6.45) is 0.282. The highest BCUT2D eigenvalue weighted by molar-refractivity contribution is 5.89. The van der Waals surface area contributed by atoms with Crippen molar-refractivity contribution in [2.24, 2.45) is 5.73 Å². The highest BCUT2D eigenvalue weighted by atomic mass is 16.2. The van der Waals surface area contributed by atoms with Crippen molar-refractivity contribution in [3.8, 4) is 0 Å². The van der Waals surface area contributed by atoms with E-state index in [1.807, 2.05) is 19.1 Å². The van der Waals surface area contributed by atoms with E-state index in [4.69, 9.17) is 5.73 Å². The Morgan fingerprint density at radius 2 is 1.85 bits per heavy atom. The van der Waals surface area contributed by atoms with Crippen LogP contribution in [-0.2, 0) is 4.79 Å². The van der Waals surface area contributed by atoms with Crippen molar-refractivity contribution in [2.75, 3.05) is 26.0 Å². The van der Waals surface area contributed by atoms with Gasteiger partial charge < -0.3 is 21.3 Å². The van der Waals surface area contributed by atoms with Gasteiger partial charge in [-0.2, -0.15) is 0 Å². The van der Waals surface area contributed by atoms with E-state index >= 15 is 0 Å². The number of benzene rings is 1. The van der Waals surface area contributed by atoms with Gasteiger partial charge in [0.25, 0.3) is 0 Å². The molecule has 0 heterocycles. The molecule has 1 atom stereocenters. The minimum absolute atomic E-state index is 0.0217. The molecule has 20 heavy (non-hydrogen) atoms. The van der Waals surface area contributed by atoms with Crippen LogP contribution in [0.15, 0.2) is 24.3 Å². The van der Waals surface area contributed by atoms with Crippen LogP contribution in [0.2, 0.25) is 0 Å². The number of hydrogen-bond donors (Lipinski definition) is 3. The summed E-state index contributed by atoms with van der Waals surface area (Å²) in [7, 11) is 3.37. The van der Waals surface area contributed by atoms with Gasteiger partial charge >= 0.3 is 6.03 Å². The molecule has 4 N–H and O–H groups in total. The summed E-state index contributed by atoms with van der Waals surface area (Å²) in [5, 5.41) is 5.33. The molecule has 1 unspecified atom stereocenters. The van der Waals surface area contributed by atoms with Crippen molar-refractivity contribution in [1.82, 2.24) is 10.2 Å². The standard InChI is InChI=1S/C14H22N4O2/c1-10(15)11-4-6-12(7-5-11)17-14(20)16-9-8-13(19)18(2)3/h4-7,10H,8-9,15H2,1-3H3,(H2,16,17,20). The number of nitrogens with zero attached hydrogens (tertiary/aromatic N) is 1. The zero-order chi connectivity index (χ0) is 15.1. The summed E-state index contributed by atoms with van der Waals surface area (Å²) in [6.45, 7) is 2.21. The van der Waals surface area contributed by atoms with Crippen LogP contribution in [0.25, 0.3) is 0 Å². The average molecular weight is 278 g/mol. The molecule has 0 radical (unpaired) electrons. The predicted molar refractivity (Wildman–Crippen MR) is 79.4 cm³/mol. The van der Waals surface area contributed by atoms with Crippen LogP contribution in [0.1, 0.15) is 24.9 Å². The van der Waals surface area contributed by atoms with E-state index in [1.165, 1.54) is 4.90 Å². The van der Waals surface area contributed by atoms with Gasteiger partial charge in [0.15, 0.2) is 0 Å². The van der Waals surface area contributed by atoms with Gasteiger partial charge in [-0.05, 0) is 24.6 Å². The molecule has 0 aliphatic heterocycles. The molecule has 3 amide bonds. The monoisotopic (exact) mass is 278 g/mol. The van der Waals surface area contributed by atoms with Gasteiger partial charge in [0.05, 0.1) is 0 Å². The van der Waals surface area contributed by atoms with Crippen molar-refractivity contribution in [3.05, 3.63) is 29.8 Å². The van der Waals surface area contributed by atoms with Crippen molar-refractivity contribution in [3.63, 3.8) is 0 Å². The number of carbonyl (C=O) groups is 2. The molecule has 0 aliphatic rings. The summed E-state index contributed by atoms with van der Waals surface area (Å²) in [5.41, 5.74) is 7.44. The van der Waals surface area contributed by atoms with Gasteiger partial charge in [-0.25, -0.2) is 4.79 Å². The largest absolute Gasteiger partial charge is 0.349 e. The molecular formula is C14H22N4O2. The third kappa shape index (κ3) is 5.27. The van der Waals surface area contributed by atoms with Crippen molar-refractivity contribution in [1.29, 1.82) is 0 Å². The summed E-state index contributed by atoms with van der Waals surface area (Å²) in [6, 6.07) is 6.97. The third-order valence-electron chi connectivity index (χ3n) is 2.82. The number of carbonyl (C=O) groups excluding carboxylic acids is 2. The number of amides is 3. The zero-order valence-corrected chi connectivity index (χ0v) is 12.1. The lowest BCUT2D eigenvalue weighted by Crippen LogP contribution is -2.33. The quantitative estimate of drug-likeness (QED) is 0.758. The van der Waals surface area contributed by atoms with E-state index < -0.39 is 0 Å². The second kappa shape index (κ2) is 7.49. The Balaban J connectivity index is 2.37. The normalized spacial score (nSPS) is 11.6. The lowest BCUT2D eigenvalue weighted by atomic mass is 10.1. The molecule has 0 bridgehead atoms. The van der Waals surface area contributed by atoms with Crippen molar-refractivity contribution >= 4 is 17.6 Å². The van der Waals surface area contributed by atoms with E-state index in [9.17, 15) is 9.59 Å². The molecule has 1 rings (SSSR count). The number of nitrogens with one attached hydrogen (secondary N) is 2. The molecule has 6 heteroatoms. The molecule has 0 aliphatic carbocycles. The Kier molecular flexibility index (Phi) is 5.99. The fraction of sp³-hybridized carbons (Fsp3) is 0.429. The van der Waals surface area contributed by atoms with E-state index in [0.29, 0.717) is 12.2 Å². The van der Waals surface area contributed by atoms with E-state index in [-0.39, 0.29) is 24.4 Å². The van der Waals surface area contributed by atoms with Crippen LogP contribution in [0.4, 0.5) is 10.5 Å². The van der Waals surface area contributed by atoms with Crippen LogP contribution >= 0.6 is 0 Å². The topological polar surface area (TPSA) is 87.5 Å². The second-order valence-electron chi connectivity index (χ2n) is 4.83. The van der Waals surface area contributed by atoms with E-state index in [0.717, 1.165) is 5.56 Å². The van der Waals surface area contributed by atoms with Gasteiger partial charge in [-0.1, -0.05) is 12.1 Å². The molecule has 110 valence electrons. The molecular weight excluding hydrogens is 256 g/mol. The van der Waals surface area contributed by atoms with Crippen molar-refractivity contribution in [2.45, 2.75) is 19.4 Å². The Morgan fingerprint density at radius 1 is 1.25 bits per heavy atom. The van der Waals surface area contributed by atoms with Crippen LogP contribution in [0.5, 0.6) is 0 Å². The number of nitrogens with two attached hydrogens (primary N) is 1. The summed E-state index contributed by atoms with van der Waals surface area (Å²) < 4.78 is 0. The maximum Gasteiger partial charge on any atom is 0.319 e. The maximum absolute atomic E-state index is 11.6. The maximum atomic E-state index is 11.6. The first kappa shape index (κ1) is 16.0. The number of hydrogen-bond acceptors (Lipinski definition) is 3. The highest BCUT2D eigenvalue weighted by Gasteiger charge is 2.06. The first-order valence-corrected chi connectivity index (χ1v) is 6.50. The molecule has 1 aromatic rings. The molecule has 0 saturated carbocycles. The molecule has 0 fully saturated rings. The molecule has 0 spiro atoms. The minimum atomic E-state index is -0.329. The van der Waals surface area contributed by atoms with Crippen LogP contribution in [-0.4, -0.2) is 37.5 Å². The molecule has 0 aromatic heterocycles. The minimum Gasteiger partial charge on any atom is -0.349 e. The van der Waals surface area contributed by atoms with Gasteiger partial charge in [-0.15, -0.1) is 0 Å². The fourth-order valence-corrected chi connectivity index (χ4v) is 1.55. The Labute approximate surface area is 119 Å². The Hall–Kier alpha value is -2.08. The number of anilines is 1. The Bertz CT molecular complexity index is 455. The third-order valence-corrected chi connectivity index (χ3v) is 2.82. The van der Waals surface area contributed by atoms with E-state index in [2.05, 4.69) is 10.6 Å². The van der Waals surface area contributed by atoms with Crippen LogP contribution in [0, 0.1) is 0 Å². The van der Waals surface area contributed by atoms with E-state index in [1.54, 1.807) is 26.2 Å². The second-order valence-corrected chi connectivity index (χ2v) is 4.83. The Morgan fingerprint density at radius 3 is 2.35 bits per heavy atom. The number of urea groups is 1. The summed E-state index contributed by atoms with van der Waals surface area (Å²) >= 11 is 0. The average Bonchev–Trinajstić information content (AvgIpc) is 2.39. The highest BCUT2D eigenvalue weighted by Crippen LogP contribution is 2.13. The lowest BCUT2D eigenvalue weighted by molar-refractivity contribution is -0.128. The van der Waals surface area contributed by atoms with Gasteiger partial charge in [0, 0.05) is 38.8 Å². The first-order valence-electron chi connectivity index (χ1n) is 6.50. The molecule has 0 saturated heterocycles. The van der Waals surface area contributed by atoms with Gasteiger partial charge in [-0.3, -0.25) is 4.79 Å². The van der Waals surface area contributed by atoms with Gasteiger partial charge in [0.2, 0.25) is 5.91 Å². The van der Waals surface area contributed by atoms with Crippen LogP contribution in [0.3, 0.4) is 0 Å². The lowest BCUT2D eigenvalue weighted by Gasteiger charge is -2.11. The molecule has 6 nitrogen and oxygen atoms in total. The SMILES string of the molecule is CC(N)c1ccc(NC(=O)NCCC(=O)N(C)C)cc1. The molecule has 1 aromatic carbocycles. The smallest absolute Gasteiger partial charge is 0.319 e. The predicted octanol–water partition coefficient (Wildman–Crippen LogP) is 1.31.